The molecule has 17 heavy (non-hydrogen) atoms. The summed E-state index contributed by atoms with van der Waals surface area (Å²) in [5.41, 5.74) is 3.54. The fourth-order valence-corrected chi connectivity index (χ4v) is 2.27. The Morgan fingerprint density at radius 3 is 2.65 bits per heavy atom. The van der Waals surface area contributed by atoms with Gasteiger partial charge in [-0.15, -0.1) is 0 Å². The van der Waals surface area contributed by atoms with Gasteiger partial charge in [0.2, 0.25) is 0 Å². The molecule has 1 heterocycles. The van der Waals surface area contributed by atoms with Crippen LogP contribution in [0.4, 0.5) is 0 Å². The van der Waals surface area contributed by atoms with Crippen LogP contribution in [0.3, 0.4) is 0 Å². The highest BCUT2D eigenvalue weighted by Crippen LogP contribution is 2.15. The predicted molar refractivity (Wildman–Crippen MR) is 70.2 cm³/mol. The summed E-state index contributed by atoms with van der Waals surface area (Å²) in [5, 5.41) is 6.71. The Morgan fingerprint density at radius 2 is 1.94 bits per heavy atom. The fourth-order valence-electron chi connectivity index (χ4n) is 1.36. The molecule has 0 radical (unpaired) electrons. The minimum absolute atomic E-state index is 0.259. The summed E-state index contributed by atoms with van der Waals surface area (Å²) in [5.74, 6) is 0. The molecule has 1 unspecified atom stereocenters. The van der Waals surface area contributed by atoms with E-state index < -0.39 is 0 Å². The summed E-state index contributed by atoms with van der Waals surface area (Å²) in [7, 11) is 0. The van der Waals surface area contributed by atoms with E-state index in [1.807, 2.05) is 13.8 Å². The highest BCUT2D eigenvalue weighted by Gasteiger charge is 2.21. The lowest BCUT2D eigenvalue weighted by molar-refractivity contribution is 0.138. The van der Waals surface area contributed by atoms with Crippen molar-refractivity contribution in [2.75, 3.05) is 46.2 Å². The number of nitrogens with zero attached hydrogens (tertiary/aromatic N) is 1. The van der Waals surface area contributed by atoms with Crippen molar-refractivity contribution in [1.29, 1.82) is 0 Å². The molecule has 0 aromatic carbocycles. The van der Waals surface area contributed by atoms with Crippen molar-refractivity contribution < 1.29 is 9.47 Å². The van der Waals surface area contributed by atoms with Gasteiger partial charge in [0.25, 0.3) is 0 Å². The highest BCUT2D eigenvalue weighted by molar-refractivity contribution is 7.97. The van der Waals surface area contributed by atoms with Crippen molar-refractivity contribution in [3.63, 3.8) is 0 Å². The maximum absolute atomic E-state index is 5.27. The standard InChI is InChI=1S/C10H24N4O2S/c1-3-15-7-5-11-10-12-9-14(17-10)13-6-8-16-4-2/h10-13H,3-9H2,1-2H3. The lowest BCUT2D eigenvalue weighted by atomic mass is 10.7. The van der Waals surface area contributed by atoms with Gasteiger partial charge in [0.1, 0.15) is 5.50 Å². The van der Waals surface area contributed by atoms with E-state index in [9.17, 15) is 0 Å². The lowest BCUT2D eigenvalue weighted by Gasteiger charge is -2.15. The first kappa shape index (κ1) is 15.2. The number of hydrazine groups is 1. The number of rotatable bonds is 10. The maximum Gasteiger partial charge on any atom is 0.122 e. The Hall–Kier alpha value is 0.110. The predicted octanol–water partition coefficient (Wildman–Crippen LogP) is -0.0519. The van der Waals surface area contributed by atoms with Gasteiger partial charge in [-0.1, -0.05) is 0 Å². The molecule has 1 rings (SSSR count). The van der Waals surface area contributed by atoms with Gasteiger partial charge in [0.15, 0.2) is 0 Å². The van der Waals surface area contributed by atoms with E-state index in [0.717, 1.165) is 46.2 Å². The van der Waals surface area contributed by atoms with Crippen LogP contribution in [0, 0.1) is 0 Å². The van der Waals surface area contributed by atoms with Crippen LogP contribution < -0.4 is 16.1 Å². The Balaban J connectivity index is 1.95. The molecule has 0 saturated carbocycles. The summed E-state index contributed by atoms with van der Waals surface area (Å²) in [6.45, 7) is 9.59. The first-order chi connectivity index (χ1) is 8.36. The van der Waals surface area contributed by atoms with Gasteiger partial charge < -0.3 is 9.47 Å². The second kappa shape index (κ2) is 10.1. The number of ether oxygens (including phenoxy) is 2. The van der Waals surface area contributed by atoms with Crippen LogP contribution in [0.2, 0.25) is 0 Å². The van der Waals surface area contributed by atoms with Crippen LogP contribution in [0.1, 0.15) is 13.8 Å². The largest absolute Gasteiger partial charge is 0.380 e. The van der Waals surface area contributed by atoms with Gasteiger partial charge in [-0.25, -0.2) is 5.43 Å². The summed E-state index contributed by atoms with van der Waals surface area (Å²) in [6, 6.07) is 0. The number of hydrogen-bond acceptors (Lipinski definition) is 7. The van der Waals surface area contributed by atoms with Gasteiger partial charge in [-0.3, -0.25) is 10.6 Å². The molecule has 1 aliphatic heterocycles. The van der Waals surface area contributed by atoms with Gasteiger partial charge >= 0.3 is 0 Å². The van der Waals surface area contributed by atoms with Crippen molar-refractivity contribution in [2.45, 2.75) is 19.3 Å². The third-order valence-corrected chi connectivity index (χ3v) is 3.23. The van der Waals surface area contributed by atoms with Crippen LogP contribution >= 0.6 is 11.9 Å². The summed E-state index contributed by atoms with van der Waals surface area (Å²) in [6.07, 6.45) is 0. The SMILES string of the molecule is CCOCCNC1NCN(NCCOCC)S1. The average Bonchev–Trinajstić information content (AvgIpc) is 2.78. The molecule has 1 atom stereocenters. The third kappa shape index (κ3) is 7.20. The Morgan fingerprint density at radius 1 is 1.24 bits per heavy atom. The zero-order chi connectivity index (χ0) is 12.3. The number of hydrogen-bond donors (Lipinski definition) is 3. The van der Waals surface area contributed by atoms with Gasteiger partial charge in [0.05, 0.1) is 19.9 Å². The molecule has 3 N–H and O–H groups in total. The molecular weight excluding hydrogens is 240 g/mol. The summed E-state index contributed by atoms with van der Waals surface area (Å²) >= 11 is 1.72. The van der Waals surface area contributed by atoms with Crippen LogP contribution in [0.5, 0.6) is 0 Å². The van der Waals surface area contributed by atoms with E-state index in [2.05, 4.69) is 20.5 Å². The van der Waals surface area contributed by atoms with Crippen LogP contribution in [0.15, 0.2) is 0 Å². The molecule has 1 aliphatic rings. The quantitative estimate of drug-likeness (QED) is 0.378. The first-order valence-corrected chi connectivity index (χ1v) is 7.00. The molecule has 0 aromatic rings. The number of nitrogens with one attached hydrogen (secondary N) is 3. The normalized spacial score (nSPS) is 21.2. The second-order valence-electron chi connectivity index (χ2n) is 3.48. The Kier molecular flexibility index (Phi) is 8.99. The first-order valence-electron chi connectivity index (χ1n) is 6.17. The topological polar surface area (TPSA) is 57.8 Å². The molecular formula is C10H24N4O2S. The van der Waals surface area contributed by atoms with Crippen molar-refractivity contribution in [3.05, 3.63) is 0 Å². The van der Waals surface area contributed by atoms with Crippen molar-refractivity contribution >= 4 is 11.9 Å². The average molecular weight is 264 g/mol. The van der Waals surface area contributed by atoms with Gasteiger partial charge in [-0.05, 0) is 25.8 Å². The minimum Gasteiger partial charge on any atom is -0.380 e. The lowest BCUT2D eigenvalue weighted by Crippen LogP contribution is -2.37. The molecule has 1 saturated heterocycles. The van der Waals surface area contributed by atoms with Crippen molar-refractivity contribution in [1.82, 2.24) is 20.5 Å². The van der Waals surface area contributed by atoms with Crippen molar-refractivity contribution in [2.24, 2.45) is 0 Å². The third-order valence-electron chi connectivity index (χ3n) is 2.17. The Bertz CT molecular complexity index is 170. The Labute approximate surface area is 108 Å². The molecule has 0 amide bonds. The smallest absolute Gasteiger partial charge is 0.122 e. The van der Waals surface area contributed by atoms with Gasteiger partial charge in [-0.2, -0.15) is 4.41 Å². The highest BCUT2D eigenvalue weighted by atomic mass is 32.2. The molecule has 0 bridgehead atoms. The van der Waals surface area contributed by atoms with Gasteiger partial charge in [0, 0.05) is 26.3 Å². The van der Waals surface area contributed by atoms with Crippen LogP contribution in [-0.4, -0.2) is 56.1 Å². The molecule has 1 fully saturated rings. The zero-order valence-corrected chi connectivity index (χ0v) is 11.5. The van der Waals surface area contributed by atoms with Crippen LogP contribution in [0.25, 0.3) is 0 Å². The molecule has 6 nitrogen and oxygen atoms in total. The molecule has 0 spiro atoms. The van der Waals surface area contributed by atoms with E-state index >= 15 is 0 Å². The molecule has 0 aliphatic carbocycles. The summed E-state index contributed by atoms with van der Waals surface area (Å²) in [4.78, 5) is 0. The summed E-state index contributed by atoms with van der Waals surface area (Å²) < 4.78 is 12.6. The molecule has 102 valence electrons. The molecule has 7 heteroatoms. The van der Waals surface area contributed by atoms with E-state index in [4.69, 9.17) is 9.47 Å². The van der Waals surface area contributed by atoms with E-state index in [-0.39, 0.29) is 5.50 Å². The zero-order valence-electron chi connectivity index (χ0n) is 10.7. The second-order valence-corrected chi connectivity index (χ2v) is 4.61. The van der Waals surface area contributed by atoms with E-state index in [1.54, 1.807) is 11.9 Å². The van der Waals surface area contributed by atoms with E-state index in [0.29, 0.717) is 0 Å². The maximum atomic E-state index is 5.27. The van der Waals surface area contributed by atoms with Crippen molar-refractivity contribution in [3.8, 4) is 0 Å². The fraction of sp³-hybridized carbons (Fsp3) is 1.00. The molecule has 0 aromatic heterocycles. The van der Waals surface area contributed by atoms with E-state index in [1.165, 1.54) is 0 Å². The monoisotopic (exact) mass is 264 g/mol. The minimum atomic E-state index is 0.259. The van der Waals surface area contributed by atoms with Crippen LogP contribution in [-0.2, 0) is 9.47 Å².